The largest absolute Gasteiger partial charge is 0.472 e. The molecule has 0 saturated carbocycles. The standard InChI is InChI=1S/C68H139N2O6P/c1-6-8-10-12-14-16-18-20-22-24-26-28-30-32-34-36-37-39-41-43-45-47-49-51-53-55-57-59-61-67(71)66(65-76-77(73,74)75-64-63-70(3,4)5)69-68(72)62-60-58-56-54-52-50-48-46-44-42-40-38-35-33-31-29-27-25-23-21-19-17-15-13-11-9-7-2/h66-67,71H,6-65H2,1-5H3,(H-,69,72,73,74)/p+1. The van der Waals surface area contributed by atoms with Gasteiger partial charge in [0.1, 0.15) is 13.2 Å². The lowest BCUT2D eigenvalue weighted by molar-refractivity contribution is -0.870. The van der Waals surface area contributed by atoms with Gasteiger partial charge in [-0.1, -0.05) is 361 Å². The van der Waals surface area contributed by atoms with Gasteiger partial charge in [-0.05, 0) is 12.8 Å². The van der Waals surface area contributed by atoms with Gasteiger partial charge >= 0.3 is 7.82 Å². The van der Waals surface area contributed by atoms with Gasteiger partial charge in [0.15, 0.2) is 0 Å². The smallest absolute Gasteiger partial charge is 0.391 e. The van der Waals surface area contributed by atoms with Gasteiger partial charge in [-0.3, -0.25) is 13.8 Å². The summed E-state index contributed by atoms with van der Waals surface area (Å²) in [7, 11) is 1.64. The van der Waals surface area contributed by atoms with E-state index in [-0.39, 0.29) is 19.1 Å². The zero-order valence-electron chi connectivity index (χ0n) is 53.0. The molecule has 8 nitrogen and oxygen atoms in total. The van der Waals surface area contributed by atoms with E-state index in [1.165, 1.54) is 315 Å². The minimum Gasteiger partial charge on any atom is -0.391 e. The molecular weight excluding hydrogens is 972 g/mol. The first-order chi connectivity index (χ1) is 37.5. The van der Waals surface area contributed by atoms with E-state index in [2.05, 4.69) is 19.2 Å². The van der Waals surface area contributed by atoms with Gasteiger partial charge in [0, 0.05) is 6.42 Å². The highest BCUT2D eigenvalue weighted by Gasteiger charge is 2.28. The van der Waals surface area contributed by atoms with Crippen LogP contribution in [0.2, 0.25) is 0 Å². The molecule has 0 radical (unpaired) electrons. The fraction of sp³-hybridized carbons (Fsp3) is 0.985. The lowest BCUT2D eigenvalue weighted by atomic mass is 10.0. The molecule has 0 rings (SSSR count). The van der Waals surface area contributed by atoms with Crippen molar-refractivity contribution in [2.75, 3.05) is 40.9 Å². The van der Waals surface area contributed by atoms with Crippen LogP contribution in [0.5, 0.6) is 0 Å². The van der Waals surface area contributed by atoms with Crippen molar-refractivity contribution < 1.29 is 32.9 Å². The van der Waals surface area contributed by atoms with Crippen LogP contribution in [0.25, 0.3) is 0 Å². The first kappa shape index (κ1) is 76.5. The van der Waals surface area contributed by atoms with E-state index < -0.39 is 20.0 Å². The number of aliphatic hydroxyl groups is 1. The number of rotatable bonds is 66. The summed E-state index contributed by atoms with van der Waals surface area (Å²) in [5.41, 5.74) is 0. The maximum Gasteiger partial charge on any atom is 0.472 e. The van der Waals surface area contributed by atoms with Gasteiger partial charge < -0.3 is 19.8 Å². The number of nitrogens with one attached hydrogen (secondary N) is 1. The molecule has 0 heterocycles. The number of hydrogen-bond donors (Lipinski definition) is 3. The molecule has 0 spiro atoms. The van der Waals surface area contributed by atoms with Crippen molar-refractivity contribution in [2.24, 2.45) is 0 Å². The van der Waals surface area contributed by atoms with E-state index >= 15 is 0 Å². The number of phosphoric acid groups is 1. The molecule has 462 valence electrons. The van der Waals surface area contributed by atoms with Crippen LogP contribution in [0, 0.1) is 0 Å². The van der Waals surface area contributed by atoms with Crippen LogP contribution in [0.1, 0.15) is 380 Å². The second kappa shape index (κ2) is 60.1. The predicted octanol–water partition coefficient (Wildman–Crippen LogP) is 21.9. The fourth-order valence-corrected chi connectivity index (χ4v) is 11.9. The third-order valence-electron chi connectivity index (χ3n) is 16.6. The molecule has 1 amide bonds. The molecule has 3 unspecified atom stereocenters. The lowest BCUT2D eigenvalue weighted by Crippen LogP contribution is -2.46. The third-order valence-corrected chi connectivity index (χ3v) is 17.6. The molecular formula is C68H140N2O6P+. The van der Waals surface area contributed by atoms with Gasteiger partial charge in [0.2, 0.25) is 5.91 Å². The number of unbranched alkanes of at least 4 members (excludes halogenated alkanes) is 53. The number of quaternary nitrogens is 1. The Labute approximate surface area is 482 Å². The van der Waals surface area contributed by atoms with Gasteiger partial charge in [0.25, 0.3) is 0 Å². The first-order valence-corrected chi connectivity index (χ1v) is 36.4. The summed E-state index contributed by atoms with van der Waals surface area (Å²) in [6.07, 6.45) is 74.9. The minimum atomic E-state index is -4.32. The molecule has 0 aromatic rings. The number of likely N-dealkylation sites (N-methyl/N-ethyl adjacent to an activating group) is 1. The van der Waals surface area contributed by atoms with E-state index in [1.54, 1.807) is 0 Å². The lowest BCUT2D eigenvalue weighted by Gasteiger charge is -2.26. The molecule has 0 bridgehead atoms. The summed E-state index contributed by atoms with van der Waals surface area (Å²) in [6, 6.07) is -0.757. The first-order valence-electron chi connectivity index (χ1n) is 34.9. The van der Waals surface area contributed by atoms with Crippen molar-refractivity contribution in [3.05, 3.63) is 0 Å². The van der Waals surface area contributed by atoms with Crippen molar-refractivity contribution in [3.63, 3.8) is 0 Å². The highest BCUT2D eigenvalue weighted by molar-refractivity contribution is 7.47. The van der Waals surface area contributed by atoms with Gasteiger partial charge in [-0.25, -0.2) is 4.57 Å². The average Bonchev–Trinajstić information content (AvgIpc) is 3.39. The Morgan fingerprint density at radius 3 is 0.870 bits per heavy atom. The quantitative estimate of drug-likeness (QED) is 0.0318. The van der Waals surface area contributed by atoms with Crippen LogP contribution in [-0.4, -0.2) is 73.4 Å². The number of aliphatic hydroxyl groups excluding tert-OH is 1. The second-order valence-electron chi connectivity index (χ2n) is 25.6. The van der Waals surface area contributed by atoms with E-state index in [0.717, 1.165) is 38.5 Å². The zero-order chi connectivity index (χ0) is 56.3. The molecule has 3 atom stereocenters. The van der Waals surface area contributed by atoms with E-state index in [9.17, 15) is 19.4 Å². The van der Waals surface area contributed by atoms with Crippen molar-refractivity contribution >= 4 is 13.7 Å². The number of carbonyl (C=O) groups is 1. The highest BCUT2D eigenvalue weighted by atomic mass is 31.2. The normalized spacial score (nSPS) is 13.6. The summed E-state index contributed by atoms with van der Waals surface area (Å²) < 4.78 is 23.9. The van der Waals surface area contributed by atoms with Crippen LogP contribution in [0.15, 0.2) is 0 Å². The summed E-state index contributed by atoms with van der Waals surface area (Å²) >= 11 is 0. The van der Waals surface area contributed by atoms with Gasteiger partial charge in [-0.15, -0.1) is 0 Å². The van der Waals surface area contributed by atoms with Crippen molar-refractivity contribution in [1.82, 2.24) is 5.32 Å². The Kier molecular flexibility index (Phi) is 59.7. The Balaban J connectivity index is 3.99. The van der Waals surface area contributed by atoms with Crippen molar-refractivity contribution in [1.29, 1.82) is 0 Å². The van der Waals surface area contributed by atoms with Crippen molar-refractivity contribution in [2.45, 2.75) is 392 Å². The number of phosphoric ester groups is 1. The Bertz CT molecular complexity index is 1220. The third kappa shape index (κ3) is 62.9. The molecule has 3 N–H and O–H groups in total. The molecule has 0 aromatic carbocycles. The number of amides is 1. The number of nitrogens with zero attached hydrogens (tertiary/aromatic N) is 1. The minimum absolute atomic E-state index is 0.0795. The van der Waals surface area contributed by atoms with Crippen LogP contribution in [0.4, 0.5) is 0 Å². The second-order valence-corrected chi connectivity index (χ2v) is 27.1. The zero-order valence-corrected chi connectivity index (χ0v) is 53.9. The van der Waals surface area contributed by atoms with Crippen LogP contribution in [0.3, 0.4) is 0 Å². The van der Waals surface area contributed by atoms with E-state index in [1.807, 2.05) is 21.1 Å². The maximum atomic E-state index is 13.1. The van der Waals surface area contributed by atoms with E-state index in [0.29, 0.717) is 23.9 Å². The SMILES string of the molecule is CCCCCCCCCCCCCCCCCCCCCCCCCCCCCCC(O)C(COP(=O)(O)OCC[N+](C)(C)C)NC(=O)CCCCCCCCCCCCCCCCCCCCCCCCCCCCC. The molecule has 0 aliphatic carbocycles. The molecule has 0 aromatic heterocycles. The molecule has 0 saturated heterocycles. The fourth-order valence-electron chi connectivity index (χ4n) is 11.2. The molecule has 0 aliphatic rings. The summed E-state index contributed by atoms with van der Waals surface area (Å²) in [5.74, 6) is -0.133. The van der Waals surface area contributed by atoms with Crippen LogP contribution in [-0.2, 0) is 18.4 Å². The number of carbonyl (C=O) groups excluding carboxylic acids is 1. The summed E-state index contributed by atoms with van der Waals surface area (Å²) in [6.45, 7) is 4.97. The molecule has 0 aliphatic heterocycles. The van der Waals surface area contributed by atoms with Crippen molar-refractivity contribution in [3.8, 4) is 0 Å². The van der Waals surface area contributed by atoms with Crippen LogP contribution < -0.4 is 5.32 Å². The maximum absolute atomic E-state index is 13.1. The van der Waals surface area contributed by atoms with Gasteiger partial charge in [-0.2, -0.15) is 0 Å². The predicted molar refractivity (Wildman–Crippen MR) is 337 cm³/mol. The van der Waals surface area contributed by atoms with Gasteiger partial charge in [0.05, 0.1) is 39.9 Å². The molecule has 0 fully saturated rings. The Morgan fingerprint density at radius 2 is 0.623 bits per heavy atom. The summed E-state index contributed by atoms with van der Waals surface area (Å²) in [4.78, 5) is 23.5. The summed E-state index contributed by atoms with van der Waals surface area (Å²) in [5, 5.41) is 14.2. The highest BCUT2D eigenvalue weighted by Crippen LogP contribution is 2.43. The topological polar surface area (TPSA) is 105 Å². The molecule has 77 heavy (non-hydrogen) atoms. The monoisotopic (exact) mass is 1110 g/mol. The molecule has 9 heteroatoms. The number of hydrogen-bond acceptors (Lipinski definition) is 5. The van der Waals surface area contributed by atoms with E-state index in [4.69, 9.17) is 9.05 Å². The Hall–Kier alpha value is -0.500. The Morgan fingerprint density at radius 1 is 0.390 bits per heavy atom. The average molecular weight is 1110 g/mol. The van der Waals surface area contributed by atoms with Crippen LogP contribution >= 0.6 is 7.82 Å².